The number of nitrogens with zero attached hydrogens (tertiary/aromatic N) is 3. The van der Waals surface area contributed by atoms with E-state index in [4.69, 9.17) is 25.5 Å². The van der Waals surface area contributed by atoms with Gasteiger partial charge in [-0.3, -0.25) is 4.90 Å². The second kappa shape index (κ2) is 10.6. The van der Waals surface area contributed by atoms with Gasteiger partial charge in [-0.2, -0.15) is 4.98 Å². The first-order chi connectivity index (χ1) is 16.6. The number of carbonyl (C=O) groups is 2. The van der Waals surface area contributed by atoms with Gasteiger partial charge in [-0.05, 0) is 84.7 Å². The van der Waals surface area contributed by atoms with Crippen molar-refractivity contribution in [3.8, 4) is 0 Å². The Morgan fingerprint density at radius 1 is 1.17 bits per heavy atom. The third-order valence-electron chi connectivity index (χ3n) is 4.84. The molecule has 1 atom stereocenters. The molecule has 9 nitrogen and oxygen atoms in total. The van der Waals surface area contributed by atoms with Crippen molar-refractivity contribution >= 4 is 51.2 Å². The number of anilines is 1. The Balaban J connectivity index is 1.98. The zero-order valence-corrected chi connectivity index (χ0v) is 23.5. The molecule has 0 unspecified atom stereocenters. The van der Waals surface area contributed by atoms with Crippen molar-refractivity contribution in [3.63, 3.8) is 0 Å². The number of aryl methyl sites for hydroxylation is 1. The lowest BCUT2D eigenvalue weighted by Gasteiger charge is -2.26. The molecule has 3 rings (SSSR count). The van der Waals surface area contributed by atoms with Gasteiger partial charge in [0.25, 0.3) is 0 Å². The predicted octanol–water partition coefficient (Wildman–Crippen LogP) is 6.64. The molecule has 0 spiro atoms. The Labute approximate surface area is 220 Å². The van der Waals surface area contributed by atoms with Crippen LogP contribution in [0.5, 0.6) is 0 Å². The van der Waals surface area contributed by atoms with Crippen molar-refractivity contribution < 1.29 is 23.5 Å². The molecule has 0 aromatic carbocycles. The van der Waals surface area contributed by atoms with Gasteiger partial charge in [-0.15, -0.1) is 11.3 Å². The summed E-state index contributed by atoms with van der Waals surface area (Å²) in [5.74, 6) is 0.898. The van der Waals surface area contributed by atoms with Crippen LogP contribution in [0.15, 0.2) is 22.8 Å². The number of ether oxygens (including phenoxy) is 2. The number of rotatable bonds is 6. The van der Waals surface area contributed by atoms with Gasteiger partial charge in [0, 0.05) is 17.3 Å². The quantitative estimate of drug-likeness (QED) is 0.352. The standard InChI is InChI=1S/C25H33ClN4O5S/c1-14(27-22(31)34-24(3,4)5)12-17-15(2)18-19(36-17)20(29-21(26)28-18)30(13-16-10-9-11-33-16)23(32)35-25(6,7)8/h9-11,14H,12-13H2,1-8H3,(H,27,31)/t14-/m0/s1. The molecule has 0 saturated heterocycles. The molecule has 3 aromatic heterocycles. The molecule has 0 fully saturated rings. The summed E-state index contributed by atoms with van der Waals surface area (Å²) in [6.07, 6.45) is 1.01. The second-order valence-electron chi connectivity index (χ2n) is 10.5. The SMILES string of the molecule is Cc1c(C[C@H](C)NC(=O)OC(C)(C)C)sc2c(N(Cc3ccco3)C(=O)OC(C)(C)C)nc(Cl)nc12. The lowest BCUT2D eigenvalue weighted by molar-refractivity contribution is 0.0506. The third kappa shape index (κ3) is 7.33. The van der Waals surface area contributed by atoms with E-state index in [0.717, 1.165) is 10.4 Å². The summed E-state index contributed by atoms with van der Waals surface area (Å²) in [7, 11) is 0. The fourth-order valence-electron chi connectivity index (χ4n) is 3.41. The van der Waals surface area contributed by atoms with E-state index in [9.17, 15) is 9.59 Å². The molecular weight excluding hydrogens is 504 g/mol. The van der Waals surface area contributed by atoms with Crippen LogP contribution < -0.4 is 10.2 Å². The molecule has 0 bridgehead atoms. The third-order valence-corrected chi connectivity index (χ3v) is 6.31. The van der Waals surface area contributed by atoms with E-state index in [1.165, 1.54) is 22.5 Å². The van der Waals surface area contributed by atoms with Crippen LogP contribution in [0.1, 0.15) is 64.7 Å². The summed E-state index contributed by atoms with van der Waals surface area (Å²) < 4.78 is 17.2. The van der Waals surface area contributed by atoms with E-state index in [2.05, 4.69) is 15.3 Å². The van der Waals surface area contributed by atoms with E-state index >= 15 is 0 Å². The Kier molecular flexibility index (Phi) is 8.20. The van der Waals surface area contributed by atoms with Crippen LogP contribution in [-0.2, 0) is 22.4 Å². The maximum absolute atomic E-state index is 13.2. The first-order valence-electron chi connectivity index (χ1n) is 11.6. The van der Waals surface area contributed by atoms with Gasteiger partial charge >= 0.3 is 12.2 Å². The molecule has 3 aromatic rings. The van der Waals surface area contributed by atoms with Crippen molar-refractivity contribution in [2.75, 3.05) is 4.90 Å². The molecule has 196 valence electrons. The largest absolute Gasteiger partial charge is 0.467 e. The van der Waals surface area contributed by atoms with Crippen LogP contribution in [0.4, 0.5) is 15.4 Å². The zero-order chi connectivity index (χ0) is 26.8. The lowest BCUT2D eigenvalue weighted by atomic mass is 10.1. The topological polar surface area (TPSA) is 107 Å². The van der Waals surface area contributed by atoms with E-state index in [0.29, 0.717) is 28.2 Å². The fourth-order valence-corrected chi connectivity index (χ4v) is 4.95. The van der Waals surface area contributed by atoms with Crippen LogP contribution in [-0.4, -0.2) is 39.4 Å². The minimum absolute atomic E-state index is 0.0119. The van der Waals surface area contributed by atoms with Gasteiger partial charge in [0.15, 0.2) is 5.82 Å². The molecule has 0 aliphatic rings. The highest BCUT2D eigenvalue weighted by Crippen LogP contribution is 2.38. The van der Waals surface area contributed by atoms with Gasteiger partial charge in [0.1, 0.15) is 17.0 Å². The normalized spacial score (nSPS) is 12.9. The first-order valence-corrected chi connectivity index (χ1v) is 12.8. The van der Waals surface area contributed by atoms with Gasteiger partial charge in [-0.1, -0.05) is 0 Å². The lowest BCUT2D eigenvalue weighted by Crippen LogP contribution is -2.38. The van der Waals surface area contributed by atoms with Crippen molar-refractivity contribution in [2.45, 2.75) is 85.6 Å². The number of thiophene rings is 1. The van der Waals surface area contributed by atoms with Gasteiger partial charge in [-0.25, -0.2) is 14.6 Å². The number of hydrogen-bond acceptors (Lipinski definition) is 8. The van der Waals surface area contributed by atoms with Gasteiger partial charge in [0.2, 0.25) is 5.28 Å². The second-order valence-corrected chi connectivity index (χ2v) is 12.0. The molecule has 0 aliphatic heterocycles. The van der Waals surface area contributed by atoms with Crippen molar-refractivity contribution in [1.82, 2.24) is 15.3 Å². The minimum Gasteiger partial charge on any atom is -0.467 e. The van der Waals surface area contributed by atoms with Gasteiger partial charge in [0.05, 0.1) is 23.0 Å². The van der Waals surface area contributed by atoms with Crippen LogP contribution in [0.3, 0.4) is 0 Å². The summed E-state index contributed by atoms with van der Waals surface area (Å²) in [5, 5.41) is 2.88. The molecule has 2 amide bonds. The van der Waals surface area contributed by atoms with E-state index in [1.54, 1.807) is 32.9 Å². The molecule has 0 radical (unpaired) electrons. The van der Waals surface area contributed by atoms with Gasteiger partial charge < -0.3 is 19.2 Å². The smallest absolute Gasteiger partial charge is 0.416 e. The predicted molar refractivity (Wildman–Crippen MR) is 141 cm³/mol. The Bertz CT molecular complexity index is 1230. The number of aromatic nitrogens is 2. The molecule has 11 heteroatoms. The zero-order valence-electron chi connectivity index (χ0n) is 21.9. The average Bonchev–Trinajstić information content (AvgIpc) is 3.32. The van der Waals surface area contributed by atoms with Crippen LogP contribution in [0, 0.1) is 6.92 Å². The number of nitrogens with one attached hydrogen (secondary N) is 1. The summed E-state index contributed by atoms with van der Waals surface area (Å²) in [4.78, 5) is 36.7. The Morgan fingerprint density at radius 3 is 2.42 bits per heavy atom. The van der Waals surface area contributed by atoms with Crippen LogP contribution >= 0.6 is 22.9 Å². The molecule has 0 aliphatic carbocycles. The summed E-state index contributed by atoms with van der Waals surface area (Å²) >= 11 is 7.76. The maximum Gasteiger partial charge on any atom is 0.416 e. The number of alkyl carbamates (subject to hydrolysis) is 1. The van der Waals surface area contributed by atoms with E-state index in [-0.39, 0.29) is 17.9 Å². The van der Waals surface area contributed by atoms with E-state index in [1.807, 2.05) is 34.6 Å². The number of fused-ring (bicyclic) bond motifs is 1. The van der Waals surface area contributed by atoms with Crippen LogP contribution in [0.2, 0.25) is 5.28 Å². The number of amides is 2. The number of carbonyl (C=O) groups excluding carboxylic acids is 2. The van der Waals surface area contributed by atoms with Crippen molar-refractivity contribution in [2.24, 2.45) is 0 Å². The summed E-state index contributed by atoms with van der Waals surface area (Å²) in [6, 6.07) is 3.31. The molecule has 1 N–H and O–H groups in total. The highest BCUT2D eigenvalue weighted by molar-refractivity contribution is 7.19. The molecule has 36 heavy (non-hydrogen) atoms. The Morgan fingerprint density at radius 2 is 1.83 bits per heavy atom. The number of furan rings is 1. The number of hydrogen-bond donors (Lipinski definition) is 1. The highest BCUT2D eigenvalue weighted by atomic mass is 35.5. The Hall–Kier alpha value is -2.85. The monoisotopic (exact) mass is 536 g/mol. The average molecular weight is 537 g/mol. The summed E-state index contributed by atoms with van der Waals surface area (Å²) in [5.41, 5.74) is 0.244. The van der Waals surface area contributed by atoms with Crippen molar-refractivity contribution in [3.05, 3.63) is 39.9 Å². The number of halogens is 1. The highest BCUT2D eigenvalue weighted by Gasteiger charge is 2.29. The fraction of sp³-hybridized carbons (Fsp3) is 0.520. The molecule has 3 heterocycles. The minimum atomic E-state index is -0.715. The van der Waals surface area contributed by atoms with Crippen LogP contribution in [0.25, 0.3) is 10.2 Å². The molecular formula is C25H33ClN4O5S. The maximum atomic E-state index is 13.2. The van der Waals surface area contributed by atoms with E-state index < -0.39 is 23.4 Å². The first kappa shape index (κ1) is 27.7. The summed E-state index contributed by atoms with van der Waals surface area (Å²) in [6.45, 7) is 14.8. The molecule has 0 saturated carbocycles. The van der Waals surface area contributed by atoms with Crippen molar-refractivity contribution in [1.29, 1.82) is 0 Å².